The smallest absolute Gasteiger partial charge is 0.0661 e. The highest BCUT2D eigenvalue weighted by Gasteiger charge is 2.16. The summed E-state index contributed by atoms with van der Waals surface area (Å²) >= 11 is 12.3. The highest BCUT2D eigenvalue weighted by atomic mass is 35.5. The van der Waals surface area contributed by atoms with Crippen molar-refractivity contribution in [1.29, 1.82) is 0 Å². The highest BCUT2D eigenvalue weighted by Crippen LogP contribution is 2.33. The van der Waals surface area contributed by atoms with Crippen molar-refractivity contribution in [3.05, 3.63) is 33.9 Å². The minimum atomic E-state index is 0.715. The Morgan fingerprint density at radius 3 is 2.67 bits per heavy atom. The van der Waals surface area contributed by atoms with E-state index in [0.717, 1.165) is 22.9 Å². The van der Waals surface area contributed by atoms with Gasteiger partial charge in [-0.2, -0.15) is 0 Å². The van der Waals surface area contributed by atoms with E-state index in [4.69, 9.17) is 23.2 Å². The van der Waals surface area contributed by atoms with Crippen LogP contribution < -0.4 is 0 Å². The second-order valence-electron chi connectivity index (χ2n) is 5.33. The molecule has 0 saturated heterocycles. The highest BCUT2D eigenvalue weighted by molar-refractivity contribution is 6.38. The molecule has 1 aromatic heterocycles. The standard InChI is InChI=1S/C15H17Cl2N/c16-12-7-13-11(6-10-4-2-1-3-5-10)9-18-15(13)14(17)8-12/h7-10,18H,1-6H2. The SMILES string of the molecule is Clc1cc(Cl)c2[nH]cc(CC3CCCCC3)c2c1. The summed E-state index contributed by atoms with van der Waals surface area (Å²) in [6.45, 7) is 0. The zero-order valence-electron chi connectivity index (χ0n) is 10.3. The van der Waals surface area contributed by atoms with Gasteiger partial charge in [0.25, 0.3) is 0 Å². The Morgan fingerprint density at radius 1 is 1.11 bits per heavy atom. The molecule has 0 spiro atoms. The lowest BCUT2D eigenvalue weighted by molar-refractivity contribution is 0.357. The van der Waals surface area contributed by atoms with Gasteiger partial charge >= 0.3 is 0 Å². The van der Waals surface area contributed by atoms with Gasteiger partial charge in [0.15, 0.2) is 0 Å². The molecule has 1 fully saturated rings. The summed E-state index contributed by atoms with van der Waals surface area (Å²) in [7, 11) is 0. The third kappa shape index (κ3) is 2.39. The minimum Gasteiger partial charge on any atom is -0.360 e. The van der Waals surface area contributed by atoms with E-state index in [-0.39, 0.29) is 0 Å². The Labute approximate surface area is 117 Å². The summed E-state index contributed by atoms with van der Waals surface area (Å²) in [4.78, 5) is 3.28. The number of halogens is 2. The number of H-pyrrole nitrogens is 1. The molecule has 1 saturated carbocycles. The van der Waals surface area contributed by atoms with E-state index in [1.54, 1.807) is 6.07 Å². The van der Waals surface area contributed by atoms with Gasteiger partial charge in [-0.05, 0) is 30.0 Å². The number of benzene rings is 1. The number of aromatic nitrogens is 1. The van der Waals surface area contributed by atoms with Crippen molar-refractivity contribution in [3.63, 3.8) is 0 Å². The van der Waals surface area contributed by atoms with Crippen LogP contribution in [0.15, 0.2) is 18.3 Å². The van der Waals surface area contributed by atoms with Crippen LogP contribution in [0, 0.1) is 5.92 Å². The molecule has 3 rings (SSSR count). The van der Waals surface area contributed by atoms with E-state index in [1.165, 1.54) is 43.1 Å². The minimum absolute atomic E-state index is 0.715. The third-order valence-electron chi connectivity index (χ3n) is 4.03. The van der Waals surface area contributed by atoms with Crippen molar-refractivity contribution in [2.45, 2.75) is 38.5 Å². The zero-order valence-corrected chi connectivity index (χ0v) is 11.8. The molecule has 3 heteroatoms. The maximum atomic E-state index is 6.20. The number of rotatable bonds is 2. The molecule has 1 aromatic carbocycles. The van der Waals surface area contributed by atoms with Crippen LogP contribution in [0.3, 0.4) is 0 Å². The maximum Gasteiger partial charge on any atom is 0.0661 e. The molecule has 2 aromatic rings. The summed E-state index contributed by atoms with van der Waals surface area (Å²) in [6, 6.07) is 3.82. The Balaban J connectivity index is 1.92. The van der Waals surface area contributed by atoms with E-state index >= 15 is 0 Å². The lowest BCUT2D eigenvalue weighted by Gasteiger charge is -2.21. The molecular weight excluding hydrogens is 265 g/mol. The van der Waals surface area contributed by atoms with Crippen LogP contribution in [0.2, 0.25) is 10.0 Å². The molecule has 1 nitrogen and oxygen atoms in total. The first-order chi connectivity index (χ1) is 8.74. The lowest BCUT2D eigenvalue weighted by Crippen LogP contribution is -2.08. The molecule has 1 heterocycles. The Hall–Kier alpha value is -0.660. The normalized spacial score (nSPS) is 17.4. The summed E-state index contributed by atoms with van der Waals surface area (Å²) in [5, 5.41) is 2.63. The fraction of sp³-hybridized carbons (Fsp3) is 0.467. The molecule has 1 aliphatic rings. The second-order valence-corrected chi connectivity index (χ2v) is 6.18. The van der Waals surface area contributed by atoms with Crippen molar-refractivity contribution >= 4 is 34.1 Å². The second kappa shape index (κ2) is 5.14. The van der Waals surface area contributed by atoms with Gasteiger partial charge in [0.2, 0.25) is 0 Å². The van der Waals surface area contributed by atoms with Crippen molar-refractivity contribution in [1.82, 2.24) is 4.98 Å². The van der Waals surface area contributed by atoms with Gasteiger partial charge in [-0.3, -0.25) is 0 Å². The van der Waals surface area contributed by atoms with Gasteiger partial charge < -0.3 is 4.98 Å². The van der Waals surface area contributed by atoms with Crippen LogP contribution in [-0.2, 0) is 6.42 Å². The first-order valence-corrected chi connectivity index (χ1v) is 7.44. The monoisotopic (exact) mass is 281 g/mol. The third-order valence-corrected chi connectivity index (χ3v) is 4.54. The maximum absolute atomic E-state index is 6.20. The quantitative estimate of drug-likeness (QED) is 0.738. The predicted octanol–water partition coefficient (Wildman–Crippen LogP) is 5.60. The van der Waals surface area contributed by atoms with E-state index in [1.807, 2.05) is 6.07 Å². The Kier molecular flexibility index (Phi) is 3.54. The van der Waals surface area contributed by atoms with Gasteiger partial charge in [-0.15, -0.1) is 0 Å². The molecule has 0 unspecified atom stereocenters. The van der Waals surface area contributed by atoms with E-state index in [0.29, 0.717) is 5.02 Å². The van der Waals surface area contributed by atoms with Crippen LogP contribution >= 0.6 is 23.2 Å². The number of hydrogen-bond acceptors (Lipinski definition) is 0. The zero-order chi connectivity index (χ0) is 12.5. The molecular formula is C15H17Cl2N. The number of nitrogens with one attached hydrogen (secondary N) is 1. The van der Waals surface area contributed by atoms with Gasteiger partial charge in [0.05, 0.1) is 10.5 Å². The lowest BCUT2D eigenvalue weighted by atomic mass is 9.85. The molecule has 1 N–H and O–H groups in total. The first-order valence-electron chi connectivity index (χ1n) is 6.69. The first kappa shape index (κ1) is 12.4. The molecule has 18 heavy (non-hydrogen) atoms. The van der Waals surface area contributed by atoms with E-state index in [2.05, 4.69) is 11.2 Å². The average Bonchev–Trinajstić information content (AvgIpc) is 2.74. The van der Waals surface area contributed by atoms with Crippen LogP contribution in [0.25, 0.3) is 10.9 Å². The number of fused-ring (bicyclic) bond motifs is 1. The van der Waals surface area contributed by atoms with Gasteiger partial charge in [0.1, 0.15) is 0 Å². The summed E-state index contributed by atoms with van der Waals surface area (Å²) < 4.78 is 0. The Bertz CT molecular complexity index is 553. The van der Waals surface area contributed by atoms with Crippen molar-refractivity contribution in [2.75, 3.05) is 0 Å². The molecule has 0 atom stereocenters. The van der Waals surface area contributed by atoms with Gasteiger partial charge in [0, 0.05) is 16.6 Å². The number of hydrogen-bond donors (Lipinski definition) is 1. The summed E-state index contributed by atoms with van der Waals surface area (Å²) in [5.74, 6) is 0.829. The average molecular weight is 282 g/mol. The summed E-state index contributed by atoms with van der Waals surface area (Å²) in [5.41, 5.74) is 2.38. The Morgan fingerprint density at radius 2 is 1.89 bits per heavy atom. The van der Waals surface area contributed by atoms with Crippen molar-refractivity contribution in [3.8, 4) is 0 Å². The van der Waals surface area contributed by atoms with Gasteiger partial charge in [-0.25, -0.2) is 0 Å². The van der Waals surface area contributed by atoms with Crippen LogP contribution in [0.5, 0.6) is 0 Å². The van der Waals surface area contributed by atoms with Crippen LogP contribution in [0.4, 0.5) is 0 Å². The topological polar surface area (TPSA) is 15.8 Å². The molecule has 0 bridgehead atoms. The summed E-state index contributed by atoms with van der Waals surface area (Å²) in [6.07, 6.45) is 10.1. The molecule has 0 amide bonds. The van der Waals surface area contributed by atoms with Crippen molar-refractivity contribution < 1.29 is 0 Å². The van der Waals surface area contributed by atoms with Crippen LogP contribution in [0.1, 0.15) is 37.7 Å². The van der Waals surface area contributed by atoms with Crippen molar-refractivity contribution in [2.24, 2.45) is 5.92 Å². The predicted molar refractivity (Wildman–Crippen MR) is 78.6 cm³/mol. The fourth-order valence-corrected chi connectivity index (χ4v) is 3.63. The van der Waals surface area contributed by atoms with E-state index < -0.39 is 0 Å². The van der Waals surface area contributed by atoms with Crippen LogP contribution in [-0.4, -0.2) is 4.98 Å². The molecule has 1 aliphatic carbocycles. The molecule has 96 valence electrons. The molecule has 0 radical (unpaired) electrons. The van der Waals surface area contributed by atoms with E-state index in [9.17, 15) is 0 Å². The molecule has 0 aliphatic heterocycles. The fourth-order valence-electron chi connectivity index (χ4n) is 3.08. The largest absolute Gasteiger partial charge is 0.360 e. The number of aromatic amines is 1. The van der Waals surface area contributed by atoms with Gasteiger partial charge in [-0.1, -0.05) is 55.3 Å².